The Kier molecular flexibility index (Phi) is 11.9. The summed E-state index contributed by atoms with van der Waals surface area (Å²) in [7, 11) is -9.44. The van der Waals surface area contributed by atoms with Crippen LogP contribution in [0.1, 0.15) is 61.1 Å². The predicted octanol–water partition coefficient (Wildman–Crippen LogP) is 9.71. The average Bonchev–Trinajstić information content (AvgIpc) is 3.16. The van der Waals surface area contributed by atoms with Gasteiger partial charge in [0.1, 0.15) is 21.1 Å². The monoisotopic (exact) mass is 852 g/mol. The second-order valence-corrected chi connectivity index (χ2v) is 18.4. The van der Waals surface area contributed by atoms with E-state index in [1.807, 2.05) is 46.8 Å². The Hall–Kier alpha value is -5.87. The van der Waals surface area contributed by atoms with E-state index in [9.17, 15) is 35.5 Å². The fourth-order valence-corrected chi connectivity index (χ4v) is 9.19. The standard InChI is InChI=1S/C45H48N4O9S2/c1-22(2)44(50)48-40-25(6)19-24(5)39(26(40)7)46-30-15-17-32-35(20-30)58-36-21-31(16-18-33(36)38(32)34-13-11-12-14-37(34)59(52,53)54)47-41-27(8)42(49-45(51)23(3)4)29(10)43(28(41)9)60(55,56)57/h11-23,46H,1-10H3,(H,48,50)(H,49,51)(H,52,53,54)(H,55,56,57)/b47-31+. The van der Waals surface area contributed by atoms with E-state index >= 15 is 0 Å². The van der Waals surface area contributed by atoms with Crippen LogP contribution in [0, 0.1) is 53.4 Å². The fraction of sp³-hybridized carbons (Fsp3) is 0.267. The van der Waals surface area contributed by atoms with Gasteiger partial charge in [0.15, 0.2) is 0 Å². The van der Waals surface area contributed by atoms with Crippen molar-refractivity contribution in [2.24, 2.45) is 16.8 Å². The third-order valence-corrected chi connectivity index (χ3v) is 12.6. The van der Waals surface area contributed by atoms with Gasteiger partial charge in [0, 0.05) is 63.1 Å². The number of fused-ring (bicyclic) bond motifs is 2. The maximum Gasteiger partial charge on any atom is 0.295 e. The van der Waals surface area contributed by atoms with Crippen LogP contribution in [0.3, 0.4) is 0 Å². The van der Waals surface area contributed by atoms with E-state index in [2.05, 4.69) is 16.0 Å². The van der Waals surface area contributed by atoms with E-state index in [1.54, 1.807) is 63.2 Å². The molecule has 0 bridgehead atoms. The first-order valence-electron chi connectivity index (χ1n) is 19.2. The highest BCUT2D eigenvalue weighted by molar-refractivity contribution is 7.86. The number of anilines is 4. The molecule has 4 aromatic carbocycles. The molecule has 0 unspecified atom stereocenters. The SMILES string of the molecule is Cc1cc(C)c(Nc2ccc3c(-c4ccccc4S(=O)(=O)O)c4cc/c(=N\c5c(C)c(NC(=O)C(C)C)c(C)c(S(=O)(=O)O)c5C)cc-4oc3c2)c(C)c1NC(=O)C(C)C. The maximum atomic E-state index is 12.8. The molecule has 0 radical (unpaired) electrons. The van der Waals surface area contributed by atoms with Crippen LogP contribution in [0.5, 0.6) is 0 Å². The number of amides is 2. The van der Waals surface area contributed by atoms with E-state index in [4.69, 9.17) is 9.41 Å². The number of nitrogens with one attached hydrogen (secondary N) is 3. The molecule has 2 aliphatic rings. The van der Waals surface area contributed by atoms with Crippen molar-refractivity contribution in [2.75, 3.05) is 16.0 Å². The normalized spacial score (nSPS) is 12.5. The van der Waals surface area contributed by atoms with Gasteiger partial charge in [0.25, 0.3) is 20.2 Å². The number of nitrogens with zero attached hydrogens (tertiary/aromatic N) is 1. The van der Waals surface area contributed by atoms with Crippen molar-refractivity contribution >= 4 is 71.5 Å². The van der Waals surface area contributed by atoms with Crippen molar-refractivity contribution in [1.29, 1.82) is 0 Å². The Morgan fingerprint density at radius 3 is 1.88 bits per heavy atom. The van der Waals surface area contributed by atoms with Crippen LogP contribution in [0.4, 0.5) is 28.4 Å². The first-order chi connectivity index (χ1) is 28.0. The molecule has 0 spiro atoms. The van der Waals surface area contributed by atoms with E-state index in [0.29, 0.717) is 44.4 Å². The molecule has 0 aromatic heterocycles. The van der Waals surface area contributed by atoms with Crippen molar-refractivity contribution in [1.82, 2.24) is 0 Å². The van der Waals surface area contributed by atoms with Crippen LogP contribution in [0.2, 0.25) is 0 Å². The Bertz CT molecular complexity index is 3020. The second kappa shape index (κ2) is 16.3. The molecule has 314 valence electrons. The molecule has 6 rings (SSSR count). The Morgan fingerprint density at radius 1 is 0.650 bits per heavy atom. The van der Waals surface area contributed by atoms with Gasteiger partial charge in [-0.15, -0.1) is 0 Å². The Labute approximate surface area is 349 Å². The summed E-state index contributed by atoms with van der Waals surface area (Å²) in [5.41, 5.74) is 7.48. The molecular formula is C45H48N4O9S2. The lowest BCUT2D eigenvalue weighted by molar-refractivity contribution is -0.119. The molecule has 2 amide bonds. The largest absolute Gasteiger partial charge is 0.456 e. The zero-order chi connectivity index (χ0) is 44.2. The maximum absolute atomic E-state index is 12.8. The number of carbonyl (C=O) groups excluding carboxylic acids is 2. The van der Waals surface area contributed by atoms with E-state index < -0.39 is 26.2 Å². The Morgan fingerprint density at radius 2 is 1.27 bits per heavy atom. The zero-order valence-electron chi connectivity index (χ0n) is 35.0. The highest BCUT2D eigenvalue weighted by atomic mass is 32.2. The zero-order valence-corrected chi connectivity index (χ0v) is 36.7. The van der Waals surface area contributed by atoms with Crippen molar-refractivity contribution < 1.29 is 39.9 Å². The topological polar surface area (TPSA) is 204 Å². The van der Waals surface area contributed by atoms with Crippen molar-refractivity contribution in [2.45, 2.75) is 79.0 Å². The molecule has 1 heterocycles. The molecule has 13 nitrogen and oxygen atoms in total. The van der Waals surface area contributed by atoms with Crippen LogP contribution in [-0.4, -0.2) is 37.8 Å². The molecule has 0 fully saturated rings. The highest BCUT2D eigenvalue weighted by Crippen LogP contribution is 2.44. The lowest BCUT2D eigenvalue weighted by Gasteiger charge is -2.21. The number of carbonyl (C=O) groups is 2. The summed E-state index contributed by atoms with van der Waals surface area (Å²) >= 11 is 0. The molecule has 1 aliphatic heterocycles. The van der Waals surface area contributed by atoms with Crippen LogP contribution < -0.4 is 21.3 Å². The summed E-state index contributed by atoms with van der Waals surface area (Å²) in [6.07, 6.45) is 0. The lowest BCUT2D eigenvalue weighted by Crippen LogP contribution is -2.20. The minimum atomic E-state index is -4.76. The summed E-state index contributed by atoms with van der Waals surface area (Å²) in [5.74, 6) is -0.839. The van der Waals surface area contributed by atoms with Crippen LogP contribution >= 0.6 is 0 Å². The van der Waals surface area contributed by atoms with Gasteiger partial charge in [-0.3, -0.25) is 18.7 Å². The predicted molar refractivity (Wildman–Crippen MR) is 235 cm³/mol. The summed E-state index contributed by atoms with van der Waals surface area (Å²) in [4.78, 5) is 29.7. The van der Waals surface area contributed by atoms with Crippen LogP contribution in [-0.2, 0) is 29.8 Å². The minimum Gasteiger partial charge on any atom is -0.456 e. The summed E-state index contributed by atoms with van der Waals surface area (Å²) < 4.78 is 78.1. The minimum absolute atomic E-state index is 0.110. The molecule has 0 saturated heterocycles. The van der Waals surface area contributed by atoms with E-state index in [-0.39, 0.29) is 61.3 Å². The highest BCUT2D eigenvalue weighted by Gasteiger charge is 2.27. The molecule has 60 heavy (non-hydrogen) atoms. The molecular weight excluding hydrogens is 805 g/mol. The third-order valence-electron chi connectivity index (χ3n) is 10.6. The molecule has 15 heteroatoms. The van der Waals surface area contributed by atoms with Gasteiger partial charge in [0.2, 0.25) is 11.8 Å². The molecule has 5 N–H and O–H groups in total. The number of hydrogen-bond donors (Lipinski definition) is 5. The van der Waals surface area contributed by atoms with Gasteiger partial charge in [-0.1, -0.05) is 52.0 Å². The Balaban J connectivity index is 1.62. The first kappa shape index (κ1) is 43.7. The second-order valence-electron chi connectivity index (χ2n) is 15.7. The summed E-state index contributed by atoms with van der Waals surface area (Å²) in [5, 5.41) is 10.2. The van der Waals surface area contributed by atoms with Crippen LogP contribution in [0.15, 0.2) is 85.9 Å². The van der Waals surface area contributed by atoms with Gasteiger partial charge in [-0.25, -0.2) is 4.99 Å². The molecule has 0 atom stereocenters. The quantitative estimate of drug-likeness (QED) is 0.0652. The number of benzene rings is 5. The third kappa shape index (κ3) is 8.43. The number of rotatable bonds is 10. The first-order valence-corrected chi connectivity index (χ1v) is 22.1. The van der Waals surface area contributed by atoms with Crippen molar-refractivity contribution in [3.63, 3.8) is 0 Å². The number of hydrogen-bond acceptors (Lipinski definition) is 9. The van der Waals surface area contributed by atoms with Gasteiger partial charge in [-0.05, 0) is 105 Å². The van der Waals surface area contributed by atoms with Crippen molar-refractivity contribution in [3.05, 3.63) is 105 Å². The number of aryl methyl sites for hydroxylation is 2. The summed E-state index contributed by atoms with van der Waals surface area (Å²) in [6, 6.07) is 18.4. The summed E-state index contributed by atoms with van der Waals surface area (Å²) in [6.45, 7) is 17.6. The smallest absolute Gasteiger partial charge is 0.295 e. The van der Waals surface area contributed by atoms with Gasteiger partial charge in [0.05, 0.1) is 16.7 Å². The lowest BCUT2D eigenvalue weighted by atomic mass is 9.93. The fourth-order valence-electron chi connectivity index (χ4n) is 7.52. The van der Waals surface area contributed by atoms with Gasteiger partial charge >= 0.3 is 0 Å². The molecule has 4 aromatic rings. The molecule has 0 saturated carbocycles. The molecule has 1 aliphatic carbocycles. The van der Waals surface area contributed by atoms with Gasteiger partial charge < -0.3 is 20.4 Å². The van der Waals surface area contributed by atoms with E-state index in [1.165, 1.54) is 26.0 Å². The van der Waals surface area contributed by atoms with Crippen LogP contribution in [0.25, 0.3) is 33.4 Å². The van der Waals surface area contributed by atoms with E-state index in [0.717, 1.165) is 22.4 Å². The van der Waals surface area contributed by atoms with Gasteiger partial charge in [-0.2, -0.15) is 16.8 Å². The average molecular weight is 853 g/mol. The van der Waals surface area contributed by atoms with Crippen molar-refractivity contribution in [3.8, 4) is 22.5 Å².